The minimum atomic E-state index is -0.134. The lowest BCUT2D eigenvalue weighted by atomic mass is 9.88. The number of hydrogen-bond donors (Lipinski definition) is 1. The first-order valence-corrected chi connectivity index (χ1v) is 8.64. The van der Waals surface area contributed by atoms with E-state index in [-0.39, 0.29) is 6.10 Å². The van der Waals surface area contributed by atoms with Crippen LogP contribution in [0.4, 0.5) is 0 Å². The van der Waals surface area contributed by atoms with E-state index in [1.54, 1.807) is 0 Å². The number of aliphatic hydroxyl groups is 1. The van der Waals surface area contributed by atoms with Gasteiger partial charge in [-0.05, 0) is 69.7 Å². The van der Waals surface area contributed by atoms with Gasteiger partial charge in [-0.15, -0.1) is 0 Å². The van der Waals surface area contributed by atoms with Gasteiger partial charge in [0, 0.05) is 12.6 Å². The highest BCUT2D eigenvalue weighted by molar-refractivity contribution is 4.92. The molecule has 2 heteroatoms. The predicted octanol–water partition coefficient (Wildman–Crippen LogP) is 3.44. The minimum absolute atomic E-state index is 0.134. The molecule has 0 spiro atoms. The monoisotopic (exact) mass is 265 g/mol. The molecule has 0 radical (unpaired) electrons. The van der Waals surface area contributed by atoms with Crippen LogP contribution in [0, 0.1) is 17.8 Å². The molecule has 1 N–H and O–H groups in total. The van der Waals surface area contributed by atoms with Crippen molar-refractivity contribution in [1.82, 2.24) is 4.90 Å². The topological polar surface area (TPSA) is 23.5 Å². The molecular weight excluding hydrogens is 234 g/mol. The first-order valence-electron chi connectivity index (χ1n) is 8.64. The van der Waals surface area contributed by atoms with Crippen molar-refractivity contribution in [1.29, 1.82) is 0 Å². The van der Waals surface area contributed by atoms with Crippen LogP contribution in [0.5, 0.6) is 0 Å². The predicted molar refractivity (Wildman–Crippen MR) is 79.1 cm³/mol. The second kappa shape index (κ2) is 6.13. The Hall–Kier alpha value is -0.0800. The highest BCUT2D eigenvalue weighted by Gasteiger charge is 2.40. The lowest BCUT2D eigenvalue weighted by molar-refractivity contribution is 0.0919. The molecule has 110 valence electrons. The van der Waals surface area contributed by atoms with E-state index >= 15 is 0 Å². The van der Waals surface area contributed by atoms with E-state index in [2.05, 4.69) is 4.90 Å². The first-order chi connectivity index (χ1) is 9.22. The number of likely N-dealkylation sites (tertiary alicyclic amines) is 1. The Kier molecular flexibility index (Phi) is 4.48. The Morgan fingerprint density at radius 3 is 2.68 bits per heavy atom. The summed E-state index contributed by atoms with van der Waals surface area (Å²) in [5, 5.41) is 9.75. The van der Waals surface area contributed by atoms with Crippen LogP contribution in [-0.2, 0) is 0 Å². The molecule has 1 heterocycles. The average Bonchev–Trinajstić information content (AvgIpc) is 2.91. The molecule has 1 aliphatic heterocycles. The van der Waals surface area contributed by atoms with Gasteiger partial charge in [0.2, 0.25) is 0 Å². The van der Waals surface area contributed by atoms with Gasteiger partial charge in [-0.25, -0.2) is 0 Å². The molecule has 2 saturated carbocycles. The molecule has 5 unspecified atom stereocenters. The summed E-state index contributed by atoms with van der Waals surface area (Å²) in [6.45, 7) is 4.57. The van der Waals surface area contributed by atoms with E-state index < -0.39 is 0 Å². The van der Waals surface area contributed by atoms with Crippen molar-refractivity contribution in [2.75, 3.05) is 13.1 Å². The summed E-state index contributed by atoms with van der Waals surface area (Å²) in [5.74, 6) is 3.09. The summed E-state index contributed by atoms with van der Waals surface area (Å²) >= 11 is 0. The molecule has 5 atom stereocenters. The molecule has 19 heavy (non-hydrogen) atoms. The molecule has 2 bridgehead atoms. The number of rotatable bonds is 4. The van der Waals surface area contributed by atoms with Crippen molar-refractivity contribution >= 4 is 0 Å². The van der Waals surface area contributed by atoms with E-state index in [0.29, 0.717) is 6.04 Å². The van der Waals surface area contributed by atoms with Gasteiger partial charge in [0.15, 0.2) is 0 Å². The summed E-state index contributed by atoms with van der Waals surface area (Å²) in [6.07, 6.45) is 12.3. The van der Waals surface area contributed by atoms with Crippen LogP contribution in [0.3, 0.4) is 0 Å². The van der Waals surface area contributed by atoms with Crippen LogP contribution in [-0.4, -0.2) is 35.2 Å². The summed E-state index contributed by atoms with van der Waals surface area (Å²) in [4.78, 5) is 2.76. The van der Waals surface area contributed by atoms with Crippen LogP contribution >= 0.6 is 0 Å². The average molecular weight is 265 g/mol. The Bertz CT molecular complexity index is 291. The van der Waals surface area contributed by atoms with Gasteiger partial charge in [-0.2, -0.15) is 0 Å². The minimum Gasteiger partial charge on any atom is -0.393 e. The van der Waals surface area contributed by atoms with Crippen LogP contribution < -0.4 is 0 Å². The fourth-order valence-electron chi connectivity index (χ4n) is 5.04. The smallest absolute Gasteiger partial charge is 0.0527 e. The van der Waals surface area contributed by atoms with Crippen LogP contribution in [0.2, 0.25) is 0 Å². The number of fused-ring (bicyclic) bond motifs is 2. The fraction of sp³-hybridized carbons (Fsp3) is 1.00. The number of nitrogens with zero attached hydrogens (tertiary/aromatic N) is 1. The quantitative estimate of drug-likeness (QED) is 0.841. The number of aliphatic hydroxyl groups excluding tert-OH is 1. The summed E-state index contributed by atoms with van der Waals surface area (Å²) in [7, 11) is 0. The van der Waals surface area contributed by atoms with Crippen LogP contribution in [0.15, 0.2) is 0 Å². The third kappa shape index (κ3) is 3.33. The highest BCUT2D eigenvalue weighted by atomic mass is 16.3. The van der Waals surface area contributed by atoms with E-state index in [1.807, 2.05) is 6.92 Å². The molecule has 3 fully saturated rings. The van der Waals surface area contributed by atoms with Gasteiger partial charge >= 0.3 is 0 Å². The van der Waals surface area contributed by atoms with Crippen LogP contribution in [0.1, 0.15) is 64.7 Å². The second-order valence-corrected chi connectivity index (χ2v) is 7.52. The Balaban J connectivity index is 1.59. The molecular formula is C17H31NO. The molecule has 2 nitrogen and oxygen atoms in total. The van der Waals surface area contributed by atoms with Crippen molar-refractivity contribution in [3.05, 3.63) is 0 Å². The first kappa shape index (κ1) is 13.9. The summed E-state index contributed by atoms with van der Waals surface area (Å²) in [6, 6.07) is 0.654. The van der Waals surface area contributed by atoms with Crippen molar-refractivity contribution in [2.24, 2.45) is 17.8 Å². The van der Waals surface area contributed by atoms with Gasteiger partial charge in [0.25, 0.3) is 0 Å². The molecule has 1 saturated heterocycles. The second-order valence-electron chi connectivity index (χ2n) is 7.52. The van der Waals surface area contributed by atoms with Gasteiger partial charge in [-0.1, -0.05) is 19.3 Å². The zero-order valence-electron chi connectivity index (χ0n) is 12.6. The standard InChI is InChI=1S/C17H31NO/c1-13(19)9-17-5-3-2-4-8-18(17)12-16-11-14-6-7-15(16)10-14/h13-17,19H,2-12H2,1H3. The maximum absolute atomic E-state index is 9.75. The van der Waals surface area contributed by atoms with Crippen LogP contribution in [0.25, 0.3) is 0 Å². The van der Waals surface area contributed by atoms with Crippen molar-refractivity contribution in [3.8, 4) is 0 Å². The zero-order valence-corrected chi connectivity index (χ0v) is 12.6. The van der Waals surface area contributed by atoms with E-state index in [4.69, 9.17) is 0 Å². The van der Waals surface area contributed by atoms with Gasteiger partial charge in [0.1, 0.15) is 0 Å². The number of hydrogen-bond acceptors (Lipinski definition) is 2. The third-order valence-electron chi connectivity index (χ3n) is 5.97. The SMILES string of the molecule is CC(O)CC1CCCCCN1CC1CC2CCC1C2. The van der Waals surface area contributed by atoms with E-state index in [0.717, 1.165) is 24.2 Å². The van der Waals surface area contributed by atoms with Crippen molar-refractivity contribution in [3.63, 3.8) is 0 Å². The summed E-state index contributed by atoms with van der Waals surface area (Å²) in [5.41, 5.74) is 0. The lowest BCUT2D eigenvalue weighted by Gasteiger charge is -2.35. The molecule has 2 aliphatic carbocycles. The van der Waals surface area contributed by atoms with Crippen molar-refractivity contribution in [2.45, 2.75) is 76.9 Å². The normalized spacial score (nSPS) is 41.4. The Morgan fingerprint density at radius 2 is 2.00 bits per heavy atom. The van der Waals surface area contributed by atoms with Gasteiger partial charge in [0.05, 0.1) is 6.10 Å². The van der Waals surface area contributed by atoms with Crippen molar-refractivity contribution < 1.29 is 5.11 Å². The third-order valence-corrected chi connectivity index (χ3v) is 5.97. The van der Waals surface area contributed by atoms with E-state index in [9.17, 15) is 5.11 Å². The molecule has 0 amide bonds. The molecule has 3 rings (SSSR count). The Morgan fingerprint density at radius 1 is 1.11 bits per heavy atom. The lowest BCUT2D eigenvalue weighted by Crippen LogP contribution is -2.41. The van der Waals surface area contributed by atoms with E-state index in [1.165, 1.54) is 64.5 Å². The largest absolute Gasteiger partial charge is 0.393 e. The van der Waals surface area contributed by atoms with Gasteiger partial charge in [-0.3, -0.25) is 0 Å². The maximum atomic E-state index is 9.75. The molecule has 0 aromatic rings. The molecule has 3 aliphatic rings. The highest BCUT2D eigenvalue weighted by Crippen LogP contribution is 2.48. The zero-order chi connectivity index (χ0) is 13.2. The van der Waals surface area contributed by atoms with Gasteiger partial charge < -0.3 is 10.0 Å². The maximum Gasteiger partial charge on any atom is 0.0527 e. The molecule has 0 aromatic heterocycles. The summed E-state index contributed by atoms with van der Waals surface area (Å²) < 4.78 is 0. The fourth-order valence-corrected chi connectivity index (χ4v) is 5.04. The molecule has 0 aromatic carbocycles. The Labute approximate surface area is 118 Å².